The molecule has 0 aromatic carbocycles. The lowest BCUT2D eigenvalue weighted by Gasteiger charge is -2.27. The zero-order valence-electron chi connectivity index (χ0n) is 10.1. The summed E-state index contributed by atoms with van der Waals surface area (Å²) in [5.74, 6) is 0.617. The quantitative estimate of drug-likeness (QED) is 0.753. The summed E-state index contributed by atoms with van der Waals surface area (Å²) < 4.78 is 28.4. The summed E-state index contributed by atoms with van der Waals surface area (Å²) >= 11 is 5.74. The van der Waals surface area contributed by atoms with Gasteiger partial charge < -0.3 is 0 Å². The summed E-state index contributed by atoms with van der Waals surface area (Å²) in [6.07, 6.45) is 6.21. The number of alkyl halides is 1. The lowest BCUT2D eigenvalue weighted by atomic mass is 10.1. The topological polar surface area (TPSA) is 49.4 Å². The van der Waals surface area contributed by atoms with Gasteiger partial charge in [-0.25, -0.2) is 4.72 Å². The molecule has 0 spiro atoms. The Morgan fingerprint density at radius 2 is 1.82 bits per heavy atom. The number of hydrogen-bond acceptors (Lipinski definition) is 2. The molecule has 6 heteroatoms. The van der Waals surface area contributed by atoms with Gasteiger partial charge in [0.25, 0.3) is 10.2 Å². The number of nitrogens with one attached hydrogen (secondary N) is 1. The van der Waals surface area contributed by atoms with E-state index in [1.807, 2.05) is 0 Å². The van der Waals surface area contributed by atoms with Crippen molar-refractivity contribution in [3.05, 3.63) is 0 Å². The molecule has 1 N–H and O–H groups in total. The molecule has 0 aromatic rings. The van der Waals surface area contributed by atoms with Crippen molar-refractivity contribution in [3.63, 3.8) is 0 Å². The molecule has 0 amide bonds. The van der Waals surface area contributed by atoms with Gasteiger partial charge in [-0.05, 0) is 37.5 Å². The number of rotatable bonds is 6. The van der Waals surface area contributed by atoms with Crippen LogP contribution in [0.15, 0.2) is 0 Å². The maximum Gasteiger partial charge on any atom is 0.279 e. The highest BCUT2D eigenvalue weighted by Gasteiger charge is 2.42. The van der Waals surface area contributed by atoms with Gasteiger partial charge in [0.05, 0.1) is 0 Å². The Morgan fingerprint density at radius 3 is 2.35 bits per heavy atom. The van der Waals surface area contributed by atoms with E-state index >= 15 is 0 Å². The fourth-order valence-electron chi connectivity index (χ4n) is 2.33. The van der Waals surface area contributed by atoms with Gasteiger partial charge >= 0.3 is 0 Å². The predicted octanol–water partition coefficient (Wildman–Crippen LogP) is 1.72. The minimum absolute atomic E-state index is 0.157. The number of piperidine rings is 1. The molecule has 0 radical (unpaired) electrons. The van der Waals surface area contributed by atoms with E-state index in [9.17, 15) is 8.42 Å². The van der Waals surface area contributed by atoms with E-state index < -0.39 is 10.2 Å². The molecule has 1 saturated carbocycles. The van der Waals surface area contributed by atoms with Crippen LogP contribution in [-0.2, 0) is 10.2 Å². The molecule has 100 valence electrons. The van der Waals surface area contributed by atoms with Gasteiger partial charge in [0.2, 0.25) is 0 Å². The summed E-state index contributed by atoms with van der Waals surface area (Å²) in [7, 11) is -3.25. The number of hydrogen-bond donors (Lipinski definition) is 1. The van der Waals surface area contributed by atoms with Crippen molar-refractivity contribution < 1.29 is 8.42 Å². The third kappa shape index (κ3) is 3.56. The van der Waals surface area contributed by atoms with Gasteiger partial charge in [0.1, 0.15) is 0 Å². The molecule has 0 aromatic heterocycles. The van der Waals surface area contributed by atoms with Crippen LogP contribution in [0.5, 0.6) is 0 Å². The minimum Gasteiger partial charge on any atom is -0.202 e. The van der Waals surface area contributed by atoms with Crippen LogP contribution >= 0.6 is 11.6 Å². The Kier molecular flexibility index (Phi) is 4.34. The van der Waals surface area contributed by atoms with E-state index in [-0.39, 0.29) is 5.41 Å². The van der Waals surface area contributed by atoms with Crippen molar-refractivity contribution in [2.24, 2.45) is 5.41 Å². The first-order valence-electron chi connectivity index (χ1n) is 6.39. The summed E-state index contributed by atoms with van der Waals surface area (Å²) in [5.41, 5.74) is 0.157. The average Bonchev–Trinajstić information content (AvgIpc) is 3.09. The Labute approximate surface area is 109 Å². The Hall–Kier alpha value is 0.160. The Balaban J connectivity index is 1.84. The highest BCUT2D eigenvalue weighted by Crippen LogP contribution is 2.48. The fraction of sp³-hybridized carbons (Fsp3) is 1.00. The molecule has 0 unspecified atom stereocenters. The molecule has 1 saturated heterocycles. The molecular weight excluding hydrogens is 260 g/mol. The van der Waals surface area contributed by atoms with Crippen LogP contribution in [0.4, 0.5) is 0 Å². The highest BCUT2D eigenvalue weighted by atomic mass is 35.5. The van der Waals surface area contributed by atoms with E-state index in [4.69, 9.17) is 11.6 Å². The average molecular weight is 281 g/mol. The molecule has 2 fully saturated rings. The van der Waals surface area contributed by atoms with Crippen molar-refractivity contribution in [2.75, 3.05) is 25.5 Å². The lowest BCUT2D eigenvalue weighted by molar-refractivity contribution is 0.338. The SMILES string of the molecule is O=S(=O)(NCC1(CCCl)CC1)N1CCCCC1. The van der Waals surface area contributed by atoms with Crippen molar-refractivity contribution in [1.29, 1.82) is 0 Å². The van der Waals surface area contributed by atoms with Crippen LogP contribution in [0.1, 0.15) is 38.5 Å². The summed E-state index contributed by atoms with van der Waals surface area (Å²) in [6, 6.07) is 0. The Bertz CT molecular complexity index is 348. The van der Waals surface area contributed by atoms with Crippen LogP contribution < -0.4 is 4.72 Å². The predicted molar refractivity (Wildman–Crippen MR) is 69.4 cm³/mol. The van der Waals surface area contributed by atoms with Crippen LogP contribution in [0.2, 0.25) is 0 Å². The van der Waals surface area contributed by atoms with E-state index in [1.165, 1.54) is 0 Å². The molecular formula is C11H21ClN2O2S. The monoisotopic (exact) mass is 280 g/mol. The van der Waals surface area contributed by atoms with E-state index in [1.54, 1.807) is 4.31 Å². The van der Waals surface area contributed by atoms with E-state index in [0.29, 0.717) is 25.5 Å². The van der Waals surface area contributed by atoms with Gasteiger partial charge in [-0.2, -0.15) is 12.7 Å². The molecule has 2 aliphatic rings. The van der Waals surface area contributed by atoms with Crippen LogP contribution in [0.25, 0.3) is 0 Å². The standard InChI is InChI=1S/C11H21ClN2O2S/c12-7-6-11(4-5-11)10-13-17(15,16)14-8-2-1-3-9-14/h13H,1-10H2. The smallest absolute Gasteiger partial charge is 0.202 e. The molecule has 1 heterocycles. The van der Waals surface area contributed by atoms with Gasteiger partial charge in [-0.3, -0.25) is 0 Å². The van der Waals surface area contributed by atoms with Crippen molar-refractivity contribution >= 4 is 21.8 Å². The van der Waals surface area contributed by atoms with Crippen molar-refractivity contribution in [1.82, 2.24) is 9.03 Å². The molecule has 2 rings (SSSR count). The highest BCUT2D eigenvalue weighted by molar-refractivity contribution is 7.87. The first kappa shape index (κ1) is 13.6. The normalized spacial score (nSPS) is 24.8. The minimum atomic E-state index is -3.25. The molecule has 1 aliphatic carbocycles. The van der Waals surface area contributed by atoms with E-state index in [2.05, 4.69) is 4.72 Å². The maximum atomic E-state index is 12.0. The van der Waals surface area contributed by atoms with Gasteiger partial charge in [-0.15, -0.1) is 11.6 Å². The number of halogens is 1. The lowest BCUT2D eigenvalue weighted by Crippen LogP contribution is -2.45. The first-order chi connectivity index (χ1) is 8.08. The second-order valence-corrected chi connectivity index (χ2v) is 7.36. The van der Waals surface area contributed by atoms with Gasteiger partial charge in [-0.1, -0.05) is 6.42 Å². The molecule has 17 heavy (non-hydrogen) atoms. The second-order valence-electron chi connectivity index (χ2n) is 5.22. The largest absolute Gasteiger partial charge is 0.279 e. The maximum absolute atomic E-state index is 12.0. The third-order valence-electron chi connectivity index (χ3n) is 3.87. The second kappa shape index (κ2) is 5.43. The summed E-state index contributed by atoms with van der Waals surface area (Å²) in [6.45, 7) is 1.88. The van der Waals surface area contributed by atoms with Crippen LogP contribution in [0.3, 0.4) is 0 Å². The zero-order valence-corrected chi connectivity index (χ0v) is 11.7. The van der Waals surface area contributed by atoms with Crippen molar-refractivity contribution in [3.8, 4) is 0 Å². The fourth-order valence-corrected chi connectivity index (χ4v) is 4.14. The molecule has 0 bridgehead atoms. The zero-order chi connectivity index (χ0) is 12.4. The summed E-state index contributed by atoms with van der Waals surface area (Å²) in [5, 5.41) is 0. The first-order valence-corrected chi connectivity index (χ1v) is 8.36. The molecule has 1 aliphatic heterocycles. The molecule has 4 nitrogen and oxygen atoms in total. The third-order valence-corrected chi connectivity index (χ3v) is 5.61. The van der Waals surface area contributed by atoms with E-state index in [0.717, 1.165) is 38.5 Å². The summed E-state index contributed by atoms with van der Waals surface area (Å²) in [4.78, 5) is 0. The van der Waals surface area contributed by atoms with Crippen molar-refractivity contribution in [2.45, 2.75) is 38.5 Å². The number of nitrogens with zero attached hydrogens (tertiary/aromatic N) is 1. The molecule has 0 atom stereocenters. The van der Waals surface area contributed by atoms with Crippen LogP contribution in [-0.4, -0.2) is 38.2 Å². The Morgan fingerprint density at radius 1 is 1.18 bits per heavy atom. The van der Waals surface area contributed by atoms with Gasteiger partial charge in [0.15, 0.2) is 0 Å². The van der Waals surface area contributed by atoms with Gasteiger partial charge in [0, 0.05) is 25.5 Å². The van der Waals surface area contributed by atoms with Crippen LogP contribution in [0, 0.1) is 5.41 Å².